The molecule has 3 aromatic rings. The van der Waals surface area contributed by atoms with E-state index in [1.54, 1.807) is 11.3 Å². The first kappa shape index (κ1) is 20.5. The predicted molar refractivity (Wildman–Crippen MR) is 108 cm³/mol. The van der Waals surface area contributed by atoms with Crippen molar-refractivity contribution in [2.45, 2.75) is 24.5 Å². The van der Waals surface area contributed by atoms with E-state index in [9.17, 15) is 13.2 Å². The number of carbonyl (C=O) groups is 1. The molecule has 1 aromatic carbocycles. The number of nitrogens with zero attached hydrogens (tertiary/aromatic N) is 1. The topological polar surface area (TPSA) is 94.6 Å². The molecule has 3 rings (SSSR count). The van der Waals surface area contributed by atoms with Crippen LogP contribution in [0.1, 0.15) is 12.6 Å². The normalized spacial score (nSPS) is 12.5. The van der Waals surface area contributed by atoms with Crippen molar-refractivity contribution in [2.75, 3.05) is 7.11 Å². The Bertz CT molecular complexity index is 1030. The molecule has 0 radical (unpaired) electrons. The van der Waals surface area contributed by atoms with E-state index in [1.165, 1.54) is 49.6 Å². The molecule has 1 unspecified atom stereocenters. The molecule has 0 aliphatic carbocycles. The van der Waals surface area contributed by atoms with E-state index in [4.69, 9.17) is 9.47 Å². The molecule has 0 aliphatic heterocycles. The molecule has 0 aliphatic rings. The Labute approximate surface area is 171 Å². The Morgan fingerprint density at radius 3 is 2.61 bits per heavy atom. The van der Waals surface area contributed by atoms with E-state index < -0.39 is 22.0 Å². The summed E-state index contributed by atoms with van der Waals surface area (Å²) in [5.74, 6) is -0.140. The number of nitrogens with one attached hydrogen (secondary N) is 1. The van der Waals surface area contributed by atoms with Gasteiger partial charge in [-0.2, -0.15) is 16.1 Å². The molecule has 0 spiro atoms. The van der Waals surface area contributed by atoms with Gasteiger partial charge in [0.15, 0.2) is 0 Å². The predicted octanol–water partition coefficient (Wildman–Crippen LogP) is 3.29. The van der Waals surface area contributed by atoms with Crippen molar-refractivity contribution in [3.05, 3.63) is 52.2 Å². The Balaban J connectivity index is 1.56. The van der Waals surface area contributed by atoms with Gasteiger partial charge in [0.1, 0.15) is 23.4 Å². The van der Waals surface area contributed by atoms with Crippen molar-refractivity contribution in [2.24, 2.45) is 0 Å². The van der Waals surface area contributed by atoms with Crippen molar-refractivity contribution >= 4 is 38.7 Å². The fraction of sp³-hybridized carbons (Fsp3) is 0.222. The third-order valence-corrected chi connectivity index (χ3v) is 6.92. The second kappa shape index (κ2) is 8.82. The van der Waals surface area contributed by atoms with Crippen LogP contribution in [0.4, 0.5) is 0 Å². The van der Waals surface area contributed by atoms with Crippen molar-refractivity contribution in [3.8, 4) is 16.3 Å². The van der Waals surface area contributed by atoms with Crippen LogP contribution in [0.2, 0.25) is 0 Å². The molecule has 1 N–H and O–H groups in total. The lowest BCUT2D eigenvalue weighted by atomic mass is 10.3. The number of thiophene rings is 1. The molecule has 0 bridgehead atoms. The van der Waals surface area contributed by atoms with Crippen LogP contribution in [0.15, 0.2) is 51.4 Å². The number of sulfonamides is 1. The molecule has 148 valence electrons. The number of hydrogen-bond acceptors (Lipinski definition) is 8. The maximum atomic E-state index is 12.4. The Hall–Kier alpha value is -2.27. The van der Waals surface area contributed by atoms with E-state index in [0.717, 1.165) is 10.6 Å². The monoisotopic (exact) mass is 438 g/mol. The van der Waals surface area contributed by atoms with Gasteiger partial charge < -0.3 is 9.47 Å². The lowest BCUT2D eigenvalue weighted by Crippen LogP contribution is -2.39. The van der Waals surface area contributed by atoms with E-state index in [-0.39, 0.29) is 11.5 Å². The third-order valence-electron chi connectivity index (χ3n) is 3.74. The highest BCUT2D eigenvalue weighted by Gasteiger charge is 2.23. The minimum atomic E-state index is -3.86. The van der Waals surface area contributed by atoms with Crippen LogP contribution in [0.3, 0.4) is 0 Å². The summed E-state index contributed by atoms with van der Waals surface area (Å²) in [7, 11) is -2.37. The molecular weight excluding hydrogens is 420 g/mol. The fourth-order valence-corrected chi connectivity index (χ4v) is 4.97. The van der Waals surface area contributed by atoms with E-state index in [1.807, 2.05) is 22.2 Å². The number of aromatic nitrogens is 1. The van der Waals surface area contributed by atoms with Crippen LogP contribution in [-0.2, 0) is 26.2 Å². The molecule has 2 aromatic heterocycles. The van der Waals surface area contributed by atoms with Crippen molar-refractivity contribution in [1.82, 2.24) is 9.71 Å². The SMILES string of the molecule is COc1ccc(S(=O)(=O)NC(C)C(=O)OCc2csc(-c3ccsc3)n2)cc1. The van der Waals surface area contributed by atoms with Gasteiger partial charge in [0.2, 0.25) is 10.0 Å². The highest BCUT2D eigenvalue weighted by Crippen LogP contribution is 2.26. The number of rotatable bonds is 8. The molecule has 1 atom stereocenters. The van der Waals surface area contributed by atoms with Gasteiger partial charge in [-0.15, -0.1) is 11.3 Å². The first-order valence-corrected chi connectivity index (χ1v) is 11.5. The molecular formula is C18H18N2O5S3. The highest BCUT2D eigenvalue weighted by atomic mass is 32.2. The summed E-state index contributed by atoms with van der Waals surface area (Å²) in [6, 6.07) is 6.80. The van der Waals surface area contributed by atoms with Gasteiger partial charge in [-0.1, -0.05) is 0 Å². The number of methoxy groups -OCH3 is 1. The Kier molecular flexibility index (Phi) is 6.45. The average Bonchev–Trinajstić information content (AvgIpc) is 3.37. The van der Waals surface area contributed by atoms with Gasteiger partial charge in [-0.05, 0) is 42.6 Å². The molecule has 2 heterocycles. The van der Waals surface area contributed by atoms with Crippen LogP contribution < -0.4 is 9.46 Å². The van der Waals surface area contributed by atoms with Crippen LogP contribution in [0.5, 0.6) is 5.75 Å². The van der Waals surface area contributed by atoms with Crippen LogP contribution >= 0.6 is 22.7 Å². The van der Waals surface area contributed by atoms with E-state index in [0.29, 0.717) is 11.4 Å². The van der Waals surface area contributed by atoms with Gasteiger partial charge in [0.05, 0.1) is 17.7 Å². The fourth-order valence-electron chi connectivity index (χ4n) is 2.27. The molecule has 0 fully saturated rings. The van der Waals surface area contributed by atoms with E-state index >= 15 is 0 Å². The number of thiazole rings is 1. The summed E-state index contributed by atoms with van der Waals surface area (Å²) in [6.45, 7) is 1.41. The Morgan fingerprint density at radius 2 is 1.96 bits per heavy atom. The zero-order valence-corrected chi connectivity index (χ0v) is 17.6. The smallest absolute Gasteiger partial charge is 0.324 e. The second-order valence-corrected chi connectivity index (χ2v) is 9.13. The third kappa shape index (κ3) is 4.96. The summed E-state index contributed by atoms with van der Waals surface area (Å²) in [5, 5.41) is 6.62. The maximum Gasteiger partial charge on any atom is 0.324 e. The van der Waals surface area contributed by atoms with Crippen LogP contribution in [-0.4, -0.2) is 32.5 Å². The first-order chi connectivity index (χ1) is 13.4. The lowest BCUT2D eigenvalue weighted by Gasteiger charge is -2.13. The summed E-state index contributed by atoms with van der Waals surface area (Å²) in [5.41, 5.74) is 1.64. The summed E-state index contributed by atoms with van der Waals surface area (Å²) < 4.78 is 37.3. The molecule has 0 amide bonds. The first-order valence-electron chi connectivity index (χ1n) is 8.19. The average molecular weight is 439 g/mol. The zero-order valence-electron chi connectivity index (χ0n) is 15.1. The quantitative estimate of drug-likeness (QED) is 0.543. The Morgan fingerprint density at radius 1 is 1.21 bits per heavy atom. The minimum Gasteiger partial charge on any atom is -0.497 e. The molecule has 7 nitrogen and oxygen atoms in total. The van der Waals surface area contributed by atoms with Crippen molar-refractivity contribution < 1.29 is 22.7 Å². The molecule has 10 heteroatoms. The van der Waals surface area contributed by atoms with Gasteiger partial charge in [-0.3, -0.25) is 4.79 Å². The van der Waals surface area contributed by atoms with Crippen LogP contribution in [0, 0.1) is 0 Å². The summed E-state index contributed by atoms with van der Waals surface area (Å²) in [4.78, 5) is 16.6. The van der Waals surface area contributed by atoms with Gasteiger partial charge in [0.25, 0.3) is 0 Å². The highest BCUT2D eigenvalue weighted by molar-refractivity contribution is 7.89. The number of hydrogen-bond donors (Lipinski definition) is 1. The van der Waals surface area contributed by atoms with E-state index in [2.05, 4.69) is 9.71 Å². The molecule has 28 heavy (non-hydrogen) atoms. The van der Waals surface area contributed by atoms with Gasteiger partial charge in [0, 0.05) is 16.3 Å². The number of carbonyl (C=O) groups excluding carboxylic acids is 1. The maximum absolute atomic E-state index is 12.4. The number of esters is 1. The largest absolute Gasteiger partial charge is 0.497 e. The number of ether oxygens (including phenoxy) is 2. The standard InChI is InChI=1S/C18H18N2O5S3/c1-12(20-28(22,23)16-5-3-15(24-2)4-6-16)18(21)25-9-14-11-27-17(19-14)13-7-8-26-10-13/h3-8,10-12,20H,9H2,1-2H3. The zero-order chi connectivity index (χ0) is 20.1. The van der Waals surface area contributed by atoms with Crippen molar-refractivity contribution in [3.63, 3.8) is 0 Å². The summed E-state index contributed by atoms with van der Waals surface area (Å²) >= 11 is 3.04. The lowest BCUT2D eigenvalue weighted by molar-refractivity contribution is -0.146. The number of benzene rings is 1. The van der Waals surface area contributed by atoms with Crippen LogP contribution in [0.25, 0.3) is 10.6 Å². The summed E-state index contributed by atoms with van der Waals surface area (Å²) in [6.07, 6.45) is 0. The van der Waals surface area contributed by atoms with Gasteiger partial charge in [-0.25, -0.2) is 13.4 Å². The van der Waals surface area contributed by atoms with Gasteiger partial charge >= 0.3 is 5.97 Å². The molecule has 0 saturated carbocycles. The molecule has 0 saturated heterocycles. The van der Waals surface area contributed by atoms with Crippen molar-refractivity contribution in [1.29, 1.82) is 0 Å². The second-order valence-electron chi connectivity index (χ2n) is 5.78. The minimum absolute atomic E-state index is 0.0198.